The van der Waals surface area contributed by atoms with Gasteiger partial charge in [0.1, 0.15) is 5.60 Å². The molecule has 0 aromatic heterocycles. The summed E-state index contributed by atoms with van der Waals surface area (Å²) < 4.78 is 36.9. The first kappa shape index (κ1) is 21.3. The van der Waals surface area contributed by atoms with E-state index in [1.54, 1.807) is 7.11 Å². The van der Waals surface area contributed by atoms with Crippen LogP contribution in [0, 0.1) is 0 Å². The molecule has 2 amide bonds. The smallest absolute Gasteiger partial charge is 0.243 e. The van der Waals surface area contributed by atoms with Crippen LogP contribution in [0.1, 0.15) is 13.3 Å². The van der Waals surface area contributed by atoms with Gasteiger partial charge in [-0.3, -0.25) is 9.59 Å². The minimum absolute atomic E-state index is 0.0319. The van der Waals surface area contributed by atoms with Crippen molar-refractivity contribution in [3.63, 3.8) is 0 Å². The van der Waals surface area contributed by atoms with Crippen molar-refractivity contribution in [1.29, 1.82) is 0 Å². The van der Waals surface area contributed by atoms with Crippen LogP contribution in [-0.4, -0.2) is 70.6 Å². The van der Waals surface area contributed by atoms with Crippen molar-refractivity contribution in [1.82, 2.24) is 9.62 Å². The number of hydrogen-bond acceptors (Lipinski definition) is 6. The third-order valence-corrected chi connectivity index (χ3v) is 6.17. The highest BCUT2D eigenvalue weighted by Crippen LogP contribution is 2.21. The molecular formula is C17H25N3O6S. The van der Waals surface area contributed by atoms with E-state index >= 15 is 0 Å². The fourth-order valence-corrected chi connectivity index (χ4v) is 3.78. The maximum absolute atomic E-state index is 12.6. The van der Waals surface area contributed by atoms with Crippen molar-refractivity contribution in [2.45, 2.75) is 23.8 Å². The van der Waals surface area contributed by atoms with Crippen LogP contribution in [0.2, 0.25) is 0 Å². The predicted octanol–water partition coefficient (Wildman–Crippen LogP) is 0.187. The predicted molar refractivity (Wildman–Crippen MR) is 98.7 cm³/mol. The Morgan fingerprint density at radius 2 is 1.96 bits per heavy atom. The van der Waals surface area contributed by atoms with Crippen molar-refractivity contribution >= 4 is 27.5 Å². The quantitative estimate of drug-likeness (QED) is 0.645. The van der Waals surface area contributed by atoms with Crippen LogP contribution < -0.4 is 10.6 Å². The van der Waals surface area contributed by atoms with Crippen molar-refractivity contribution in [2.24, 2.45) is 0 Å². The topological polar surface area (TPSA) is 114 Å². The number of benzene rings is 1. The highest BCUT2D eigenvalue weighted by atomic mass is 32.2. The summed E-state index contributed by atoms with van der Waals surface area (Å²) in [6, 6.07) is 5.74. The number of nitrogens with zero attached hydrogens (tertiary/aromatic N) is 1. The number of sulfonamides is 1. The molecule has 0 unspecified atom stereocenters. The fourth-order valence-electron chi connectivity index (χ4n) is 2.66. The summed E-state index contributed by atoms with van der Waals surface area (Å²) in [4.78, 5) is 23.2. The SMILES string of the molecule is CO[C@]1(CNC(=O)CN(C)S(=O)(=O)c2ccc(NC(C)=O)cc2)CCOC1. The summed E-state index contributed by atoms with van der Waals surface area (Å²) in [5.41, 5.74) is -0.0717. The molecule has 1 fully saturated rings. The van der Waals surface area contributed by atoms with Gasteiger partial charge in [-0.1, -0.05) is 0 Å². The highest BCUT2D eigenvalue weighted by molar-refractivity contribution is 7.89. The Labute approximate surface area is 159 Å². The second kappa shape index (κ2) is 8.79. The first-order chi connectivity index (χ1) is 12.7. The Morgan fingerprint density at radius 1 is 1.30 bits per heavy atom. The number of rotatable bonds is 8. The number of ether oxygens (including phenoxy) is 2. The number of carbonyl (C=O) groups is 2. The van der Waals surface area contributed by atoms with Gasteiger partial charge in [0.15, 0.2) is 0 Å². The molecule has 1 aromatic carbocycles. The van der Waals surface area contributed by atoms with E-state index in [-0.39, 0.29) is 23.9 Å². The molecule has 1 saturated heterocycles. The van der Waals surface area contributed by atoms with Crippen LogP contribution in [0.5, 0.6) is 0 Å². The number of methoxy groups -OCH3 is 1. The largest absolute Gasteiger partial charge is 0.378 e. The van der Waals surface area contributed by atoms with Gasteiger partial charge in [-0.2, -0.15) is 4.31 Å². The van der Waals surface area contributed by atoms with Crippen LogP contribution >= 0.6 is 0 Å². The lowest BCUT2D eigenvalue weighted by atomic mass is 10.0. The second-order valence-electron chi connectivity index (χ2n) is 6.43. The molecule has 150 valence electrons. The molecule has 0 bridgehead atoms. The minimum Gasteiger partial charge on any atom is -0.378 e. The summed E-state index contributed by atoms with van der Waals surface area (Å²) in [5, 5.41) is 5.27. The molecule has 27 heavy (non-hydrogen) atoms. The van der Waals surface area contributed by atoms with Crippen LogP contribution in [-0.2, 0) is 29.1 Å². The van der Waals surface area contributed by atoms with E-state index in [1.807, 2.05) is 0 Å². The first-order valence-electron chi connectivity index (χ1n) is 8.42. The third kappa shape index (κ3) is 5.48. The van der Waals surface area contributed by atoms with Gasteiger partial charge < -0.3 is 20.1 Å². The monoisotopic (exact) mass is 399 g/mol. The highest BCUT2D eigenvalue weighted by Gasteiger charge is 2.35. The maximum atomic E-state index is 12.6. The zero-order chi connectivity index (χ0) is 20.1. The Bertz CT molecular complexity index is 772. The van der Waals surface area contributed by atoms with Gasteiger partial charge in [0.2, 0.25) is 21.8 Å². The zero-order valence-corrected chi connectivity index (χ0v) is 16.5. The van der Waals surface area contributed by atoms with E-state index in [0.717, 1.165) is 4.31 Å². The Morgan fingerprint density at radius 3 is 2.48 bits per heavy atom. The van der Waals surface area contributed by atoms with Gasteiger partial charge in [-0.15, -0.1) is 0 Å². The molecule has 2 rings (SSSR count). The van der Waals surface area contributed by atoms with Gasteiger partial charge in [-0.05, 0) is 24.3 Å². The summed E-state index contributed by atoms with van der Waals surface area (Å²) in [7, 11) is -0.941. The number of likely N-dealkylation sites (N-methyl/N-ethyl adjacent to an activating group) is 1. The van der Waals surface area contributed by atoms with Crippen LogP contribution in [0.4, 0.5) is 5.69 Å². The van der Waals surface area contributed by atoms with Gasteiger partial charge in [0.05, 0.1) is 18.0 Å². The lowest BCUT2D eigenvalue weighted by Crippen LogP contribution is -2.47. The van der Waals surface area contributed by atoms with E-state index in [1.165, 1.54) is 38.2 Å². The van der Waals surface area contributed by atoms with Gasteiger partial charge >= 0.3 is 0 Å². The van der Waals surface area contributed by atoms with E-state index in [9.17, 15) is 18.0 Å². The molecule has 1 atom stereocenters. The van der Waals surface area contributed by atoms with Crippen molar-refractivity contribution in [3.05, 3.63) is 24.3 Å². The minimum atomic E-state index is -3.83. The van der Waals surface area contributed by atoms with Crippen LogP contribution in [0.25, 0.3) is 0 Å². The number of nitrogens with one attached hydrogen (secondary N) is 2. The molecule has 0 radical (unpaired) electrons. The Kier molecular flexibility index (Phi) is 6.93. The molecule has 0 spiro atoms. The molecule has 1 aliphatic rings. The van der Waals surface area contributed by atoms with Crippen LogP contribution in [0.15, 0.2) is 29.2 Å². The number of amides is 2. The molecule has 1 heterocycles. The summed E-state index contributed by atoms with van der Waals surface area (Å²) in [6.07, 6.45) is 0.665. The zero-order valence-electron chi connectivity index (χ0n) is 15.6. The van der Waals surface area contributed by atoms with Gasteiger partial charge in [0.25, 0.3) is 0 Å². The Balaban J connectivity index is 1.95. The average molecular weight is 399 g/mol. The lowest BCUT2D eigenvalue weighted by molar-refractivity contribution is -0.122. The third-order valence-electron chi connectivity index (χ3n) is 4.36. The standard InChI is InChI=1S/C17H25N3O6S/c1-13(21)19-14-4-6-15(7-5-14)27(23,24)20(2)10-16(22)18-11-17(25-3)8-9-26-12-17/h4-7H,8-12H2,1-3H3,(H,18,22)(H,19,21)/t17-/m0/s1. The number of hydrogen-bond donors (Lipinski definition) is 2. The molecule has 1 aromatic rings. The summed E-state index contributed by atoms with van der Waals surface area (Å²) in [5.74, 6) is -0.680. The van der Waals surface area contributed by atoms with Crippen molar-refractivity contribution in [2.75, 3.05) is 45.8 Å². The Hall–Kier alpha value is -2.01. The molecule has 10 heteroatoms. The molecular weight excluding hydrogens is 374 g/mol. The maximum Gasteiger partial charge on any atom is 0.243 e. The van der Waals surface area contributed by atoms with Crippen molar-refractivity contribution in [3.8, 4) is 0 Å². The van der Waals surface area contributed by atoms with Gasteiger partial charge in [-0.25, -0.2) is 8.42 Å². The first-order valence-corrected chi connectivity index (χ1v) is 9.86. The molecule has 0 saturated carbocycles. The normalized spacial score (nSPS) is 19.9. The molecule has 1 aliphatic heterocycles. The molecule has 9 nitrogen and oxygen atoms in total. The van der Waals surface area contributed by atoms with E-state index in [2.05, 4.69) is 10.6 Å². The summed E-state index contributed by atoms with van der Waals surface area (Å²) >= 11 is 0. The van der Waals surface area contributed by atoms with E-state index in [0.29, 0.717) is 25.3 Å². The lowest BCUT2D eigenvalue weighted by Gasteiger charge is -2.26. The van der Waals surface area contributed by atoms with Crippen LogP contribution in [0.3, 0.4) is 0 Å². The molecule has 0 aliphatic carbocycles. The number of carbonyl (C=O) groups excluding carboxylic acids is 2. The second-order valence-corrected chi connectivity index (χ2v) is 8.48. The van der Waals surface area contributed by atoms with Crippen molar-refractivity contribution < 1.29 is 27.5 Å². The summed E-state index contributed by atoms with van der Waals surface area (Å²) in [6.45, 7) is 2.24. The molecule has 2 N–H and O–H groups in total. The van der Waals surface area contributed by atoms with E-state index in [4.69, 9.17) is 9.47 Å². The number of anilines is 1. The fraction of sp³-hybridized carbons (Fsp3) is 0.529. The average Bonchev–Trinajstić information content (AvgIpc) is 3.09. The van der Waals surface area contributed by atoms with Gasteiger partial charge in [0, 0.05) is 46.3 Å². The van der Waals surface area contributed by atoms with E-state index < -0.39 is 21.5 Å².